The summed E-state index contributed by atoms with van der Waals surface area (Å²) in [5, 5.41) is 7.75. The highest BCUT2D eigenvalue weighted by atomic mass is 15.3. The molecule has 0 spiro atoms. The molecule has 7 heteroatoms. The molecular formula is C13H21N7. The van der Waals surface area contributed by atoms with Crippen molar-refractivity contribution in [1.29, 1.82) is 0 Å². The maximum absolute atomic E-state index is 5.53. The Hall–Kier alpha value is -2.15. The van der Waals surface area contributed by atoms with Gasteiger partial charge >= 0.3 is 0 Å². The van der Waals surface area contributed by atoms with Gasteiger partial charge in [0, 0.05) is 18.8 Å². The molecule has 0 saturated heterocycles. The van der Waals surface area contributed by atoms with Crippen LogP contribution >= 0.6 is 0 Å². The molecule has 0 amide bonds. The highest BCUT2D eigenvalue weighted by Gasteiger charge is 2.16. The van der Waals surface area contributed by atoms with Crippen molar-refractivity contribution in [3.05, 3.63) is 23.8 Å². The van der Waals surface area contributed by atoms with Crippen molar-refractivity contribution >= 4 is 17.3 Å². The number of nitrogens with zero attached hydrogens (tertiary/aromatic N) is 4. The van der Waals surface area contributed by atoms with E-state index in [2.05, 4.69) is 46.6 Å². The quantitative estimate of drug-likeness (QED) is 0.570. The van der Waals surface area contributed by atoms with Crippen LogP contribution in [-0.4, -0.2) is 19.7 Å². The fraction of sp³-hybridized carbons (Fsp3) is 0.462. The highest BCUT2D eigenvalue weighted by Crippen LogP contribution is 2.30. The second-order valence-corrected chi connectivity index (χ2v) is 4.93. The monoisotopic (exact) mass is 275 g/mol. The molecule has 108 valence electrons. The predicted octanol–water partition coefficient (Wildman–Crippen LogP) is 1.93. The lowest BCUT2D eigenvalue weighted by molar-refractivity contribution is 0.746. The number of nitrogen functional groups attached to an aromatic ring is 1. The van der Waals surface area contributed by atoms with Crippen LogP contribution < -0.4 is 16.6 Å². The van der Waals surface area contributed by atoms with Gasteiger partial charge < -0.3 is 10.7 Å². The van der Waals surface area contributed by atoms with Crippen LogP contribution in [0, 0.1) is 0 Å². The molecule has 2 aromatic heterocycles. The van der Waals surface area contributed by atoms with Crippen molar-refractivity contribution in [2.24, 2.45) is 12.9 Å². The zero-order valence-corrected chi connectivity index (χ0v) is 12.3. The van der Waals surface area contributed by atoms with E-state index in [1.807, 2.05) is 13.2 Å². The van der Waals surface area contributed by atoms with E-state index in [0.717, 1.165) is 29.2 Å². The third-order valence-electron chi connectivity index (χ3n) is 3.09. The number of hydrazine groups is 1. The number of hydrogen-bond donors (Lipinski definition) is 3. The van der Waals surface area contributed by atoms with Crippen LogP contribution in [0.5, 0.6) is 0 Å². The van der Waals surface area contributed by atoms with Gasteiger partial charge in [-0.15, -0.1) is 0 Å². The molecule has 0 aromatic carbocycles. The van der Waals surface area contributed by atoms with Gasteiger partial charge in [-0.1, -0.05) is 20.8 Å². The summed E-state index contributed by atoms with van der Waals surface area (Å²) in [5.41, 5.74) is 5.54. The molecule has 0 aliphatic heterocycles. The minimum Gasteiger partial charge on any atom is -0.337 e. The van der Waals surface area contributed by atoms with Crippen molar-refractivity contribution in [2.45, 2.75) is 33.1 Å². The maximum atomic E-state index is 5.53. The summed E-state index contributed by atoms with van der Waals surface area (Å²) in [6.45, 7) is 6.23. The first kappa shape index (κ1) is 14.3. The largest absolute Gasteiger partial charge is 0.337 e. The molecule has 0 bridgehead atoms. The average molecular weight is 275 g/mol. The van der Waals surface area contributed by atoms with E-state index in [-0.39, 0.29) is 5.92 Å². The van der Waals surface area contributed by atoms with Crippen molar-refractivity contribution in [2.75, 3.05) is 10.7 Å². The zero-order valence-electron chi connectivity index (χ0n) is 12.3. The second-order valence-electron chi connectivity index (χ2n) is 4.93. The number of anilines is 3. The highest BCUT2D eigenvalue weighted by molar-refractivity contribution is 5.66. The Morgan fingerprint density at radius 2 is 2.00 bits per heavy atom. The molecule has 20 heavy (non-hydrogen) atoms. The van der Waals surface area contributed by atoms with Gasteiger partial charge in [-0.3, -0.25) is 4.68 Å². The molecule has 0 aliphatic rings. The van der Waals surface area contributed by atoms with Crippen LogP contribution in [0.2, 0.25) is 0 Å². The van der Waals surface area contributed by atoms with E-state index in [1.54, 1.807) is 4.68 Å². The molecule has 0 saturated carbocycles. The molecule has 7 nitrogen and oxygen atoms in total. The molecule has 0 radical (unpaired) electrons. The Balaban J connectivity index is 2.42. The number of rotatable bonds is 5. The van der Waals surface area contributed by atoms with Gasteiger partial charge in [-0.25, -0.2) is 15.8 Å². The Morgan fingerprint density at radius 3 is 2.60 bits per heavy atom. The Kier molecular flexibility index (Phi) is 4.19. The SMILES string of the molecule is CCc1nn(C)cc1Nc1ncnc(NN)c1C(C)C. The molecule has 0 fully saturated rings. The van der Waals surface area contributed by atoms with Gasteiger partial charge in [0.1, 0.15) is 18.0 Å². The molecule has 0 aliphatic carbocycles. The van der Waals surface area contributed by atoms with Gasteiger partial charge in [0.15, 0.2) is 0 Å². The summed E-state index contributed by atoms with van der Waals surface area (Å²) < 4.78 is 1.79. The van der Waals surface area contributed by atoms with Crippen molar-refractivity contribution in [3.63, 3.8) is 0 Å². The lowest BCUT2D eigenvalue weighted by Crippen LogP contribution is -2.14. The summed E-state index contributed by atoms with van der Waals surface area (Å²) in [4.78, 5) is 8.49. The minimum atomic E-state index is 0.242. The Bertz CT molecular complexity index is 588. The summed E-state index contributed by atoms with van der Waals surface area (Å²) in [7, 11) is 1.90. The van der Waals surface area contributed by atoms with Crippen LogP contribution in [0.3, 0.4) is 0 Å². The van der Waals surface area contributed by atoms with Gasteiger partial charge in [0.05, 0.1) is 11.4 Å². The molecule has 2 heterocycles. The van der Waals surface area contributed by atoms with E-state index in [0.29, 0.717) is 5.82 Å². The van der Waals surface area contributed by atoms with Gasteiger partial charge in [0.2, 0.25) is 0 Å². The smallest absolute Gasteiger partial charge is 0.148 e. The van der Waals surface area contributed by atoms with Crippen molar-refractivity contribution in [1.82, 2.24) is 19.7 Å². The number of aromatic nitrogens is 4. The van der Waals surface area contributed by atoms with Crippen LogP contribution in [0.25, 0.3) is 0 Å². The van der Waals surface area contributed by atoms with Gasteiger partial charge in [0.25, 0.3) is 0 Å². The third-order valence-corrected chi connectivity index (χ3v) is 3.09. The zero-order chi connectivity index (χ0) is 14.7. The van der Waals surface area contributed by atoms with Gasteiger partial charge in [-0.2, -0.15) is 5.10 Å². The fourth-order valence-electron chi connectivity index (χ4n) is 2.18. The Morgan fingerprint density at radius 1 is 1.30 bits per heavy atom. The molecule has 2 aromatic rings. The van der Waals surface area contributed by atoms with Crippen LogP contribution in [-0.2, 0) is 13.5 Å². The molecular weight excluding hydrogens is 254 g/mol. The summed E-state index contributed by atoms with van der Waals surface area (Å²) in [6, 6.07) is 0. The van der Waals surface area contributed by atoms with Crippen LogP contribution in [0.4, 0.5) is 17.3 Å². The molecule has 0 unspecified atom stereocenters. The molecule has 2 rings (SSSR count). The van der Waals surface area contributed by atoms with Crippen LogP contribution in [0.1, 0.15) is 37.9 Å². The van der Waals surface area contributed by atoms with Crippen molar-refractivity contribution in [3.8, 4) is 0 Å². The molecule has 4 N–H and O–H groups in total. The van der Waals surface area contributed by atoms with Gasteiger partial charge in [-0.05, 0) is 12.3 Å². The predicted molar refractivity (Wildman–Crippen MR) is 79.8 cm³/mol. The number of aryl methyl sites for hydroxylation is 2. The second kappa shape index (κ2) is 5.87. The first-order valence-corrected chi connectivity index (χ1v) is 6.67. The number of nitrogens with one attached hydrogen (secondary N) is 2. The first-order valence-electron chi connectivity index (χ1n) is 6.67. The minimum absolute atomic E-state index is 0.242. The summed E-state index contributed by atoms with van der Waals surface area (Å²) in [5.74, 6) is 7.16. The summed E-state index contributed by atoms with van der Waals surface area (Å²) >= 11 is 0. The molecule has 0 atom stereocenters. The van der Waals surface area contributed by atoms with E-state index < -0.39 is 0 Å². The fourth-order valence-corrected chi connectivity index (χ4v) is 2.18. The van der Waals surface area contributed by atoms with E-state index in [9.17, 15) is 0 Å². The van der Waals surface area contributed by atoms with E-state index in [4.69, 9.17) is 5.84 Å². The van der Waals surface area contributed by atoms with Crippen LogP contribution in [0.15, 0.2) is 12.5 Å². The normalized spacial score (nSPS) is 10.9. The average Bonchev–Trinajstić information content (AvgIpc) is 2.78. The lowest BCUT2D eigenvalue weighted by Gasteiger charge is -2.16. The van der Waals surface area contributed by atoms with E-state index >= 15 is 0 Å². The number of nitrogens with two attached hydrogens (primary N) is 1. The first-order chi connectivity index (χ1) is 9.56. The Labute approximate surface area is 118 Å². The van der Waals surface area contributed by atoms with Crippen molar-refractivity contribution < 1.29 is 0 Å². The van der Waals surface area contributed by atoms with E-state index in [1.165, 1.54) is 6.33 Å². The topological polar surface area (TPSA) is 93.7 Å². The maximum Gasteiger partial charge on any atom is 0.148 e. The third kappa shape index (κ3) is 2.72. The lowest BCUT2D eigenvalue weighted by atomic mass is 10.0. The number of hydrogen-bond acceptors (Lipinski definition) is 6. The standard InChI is InChI=1S/C13H21N7/c1-5-9-10(6-20(4)19-9)17-12-11(8(2)3)13(18-14)16-7-15-12/h6-8H,5,14H2,1-4H3,(H2,15,16,17,18). The summed E-state index contributed by atoms with van der Waals surface area (Å²) in [6.07, 6.45) is 4.29.